The Balaban J connectivity index is 1.35. The van der Waals surface area contributed by atoms with Gasteiger partial charge in [-0.05, 0) is 83.1 Å². The Labute approximate surface area is 252 Å². The Kier molecular flexibility index (Phi) is 8.70. The molecule has 5 aromatic rings. The molecule has 0 bridgehead atoms. The van der Waals surface area contributed by atoms with Crippen LogP contribution in [-0.2, 0) is 16.2 Å². The number of anilines is 1. The standard InChI is InChI=1S/C33H28F3N3O4S/c1-21(2)19-38-44(41,42)29-12-8-23(9-13-29)22-3-5-25(6-4-22)32(40)39-30-18-27(33(34,35)36)10-14-31(30)43-28-11-7-24-15-16-37-20-26(24)17-28/h3-18,20-21,38H,19H2,1-2H3,(H,39,40). The molecule has 0 fully saturated rings. The zero-order valence-electron chi connectivity index (χ0n) is 23.7. The molecule has 0 aliphatic heterocycles. The van der Waals surface area contributed by atoms with Gasteiger partial charge in [0.05, 0.1) is 16.1 Å². The average Bonchev–Trinajstić information content (AvgIpc) is 3.00. The quantitative estimate of drug-likeness (QED) is 0.175. The van der Waals surface area contributed by atoms with Gasteiger partial charge in [0.2, 0.25) is 10.0 Å². The fourth-order valence-corrected chi connectivity index (χ4v) is 5.56. The lowest BCUT2D eigenvalue weighted by molar-refractivity contribution is -0.137. The largest absolute Gasteiger partial charge is 0.455 e. The summed E-state index contributed by atoms with van der Waals surface area (Å²) in [6.45, 7) is 4.14. The van der Waals surface area contributed by atoms with Crippen LogP contribution < -0.4 is 14.8 Å². The van der Waals surface area contributed by atoms with Crippen molar-refractivity contribution in [1.82, 2.24) is 9.71 Å². The summed E-state index contributed by atoms with van der Waals surface area (Å²) < 4.78 is 74.0. The van der Waals surface area contributed by atoms with Crippen LogP contribution in [0, 0.1) is 5.92 Å². The SMILES string of the molecule is CC(C)CNS(=O)(=O)c1ccc(-c2ccc(C(=O)Nc3cc(C(F)(F)F)ccc3Oc3ccc4ccncc4c3)cc2)cc1. The van der Waals surface area contributed by atoms with Gasteiger partial charge in [0, 0.05) is 29.9 Å². The molecule has 1 aromatic heterocycles. The minimum Gasteiger partial charge on any atom is -0.455 e. The van der Waals surface area contributed by atoms with Crippen LogP contribution in [0.25, 0.3) is 21.9 Å². The second-order valence-electron chi connectivity index (χ2n) is 10.5. The van der Waals surface area contributed by atoms with Crippen molar-refractivity contribution in [1.29, 1.82) is 0 Å². The summed E-state index contributed by atoms with van der Waals surface area (Å²) in [6.07, 6.45) is -1.34. The summed E-state index contributed by atoms with van der Waals surface area (Å²) in [4.78, 5) is 17.4. The number of sulfonamides is 1. The molecule has 0 unspecified atom stereocenters. The van der Waals surface area contributed by atoms with E-state index in [4.69, 9.17) is 4.74 Å². The number of nitrogens with zero attached hydrogens (tertiary/aromatic N) is 1. The Morgan fingerprint density at radius 1 is 0.864 bits per heavy atom. The van der Waals surface area contributed by atoms with Crippen molar-refractivity contribution in [2.45, 2.75) is 24.9 Å². The molecule has 2 N–H and O–H groups in total. The Hall–Kier alpha value is -4.74. The number of halogens is 3. The maximum absolute atomic E-state index is 13.5. The summed E-state index contributed by atoms with van der Waals surface area (Å²) in [5.74, 6) is -0.0836. The molecule has 0 saturated carbocycles. The molecular weight excluding hydrogens is 591 g/mol. The molecule has 0 aliphatic carbocycles. The zero-order valence-corrected chi connectivity index (χ0v) is 24.5. The molecule has 44 heavy (non-hydrogen) atoms. The van der Waals surface area contributed by atoms with Crippen molar-refractivity contribution in [3.8, 4) is 22.6 Å². The van der Waals surface area contributed by atoms with Crippen molar-refractivity contribution < 1.29 is 31.1 Å². The van der Waals surface area contributed by atoms with Gasteiger partial charge < -0.3 is 10.1 Å². The van der Waals surface area contributed by atoms with E-state index in [0.29, 0.717) is 12.3 Å². The number of benzene rings is 4. The summed E-state index contributed by atoms with van der Waals surface area (Å²) >= 11 is 0. The number of alkyl halides is 3. The van der Waals surface area contributed by atoms with E-state index in [1.807, 2.05) is 19.9 Å². The maximum atomic E-state index is 13.5. The fourth-order valence-electron chi connectivity index (χ4n) is 4.34. The number of amides is 1. The summed E-state index contributed by atoms with van der Waals surface area (Å²) in [6, 6.07) is 22.6. The number of pyridine rings is 1. The highest BCUT2D eigenvalue weighted by molar-refractivity contribution is 7.89. The van der Waals surface area contributed by atoms with Gasteiger partial charge in [-0.15, -0.1) is 0 Å². The van der Waals surface area contributed by atoms with Crippen LogP contribution in [-0.4, -0.2) is 25.9 Å². The van der Waals surface area contributed by atoms with Crippen LogP contribution in [0.2, 0.25) is 0 Å². The van der Waals surface area contributed by atoms with Crippen LogP contribution >= 0.6 is 0 Å². The number of carbonyl (C=O) groups is 1. The average molecular weight is 620 g/mol. The first-order valence-electron chi connectivity index (χ1n) is 13.6. The molecule has 5 rings (SSSR count). The molecule has 7 nitrogen and oxygen atoms in total. The van der Waals surface area contributed by atoms with E-state index in [9.17, 15) is 26.4 Å². The Bertz CT molecular complexity index is 1910. The number of hydrogen-bond donors (Lipinski definition) is 2. The molecule has 0 saturated heterocycles. The van der Waals surface area contributed by atoms with Crippen LogP contribution in [0.5, 0.6) is 11.5 Å². The molecule has 1 heterocycles. The number of aromatic nitrogens is 1. The third-order valence-corrected chi connectivity index (χ3v) is 8.16. The highest BCUT2D eigenvalue weighted by atomic mass is 32.2. The number of carbonyl (C=O) groups excluding carboxylic acids is 1. The molecule has 0 atom stereocenters. The molecule has 0 spiro atoms. The van der Waals surface area contributed by atoms with Gasteiger partial charge in [0.25, 0.3) is 5.91 Å². The third kappa shape index (κ3) is 7.24. The maximum Gasteiger partial charge on any atom is 0.416 e. The second kappa shape index (κ2) is 12.5. The molecule has 11 heteroatoms. The molecule has 1 amide bonds. The number of rotatable bonds is 9. The van der Waals surface area contributed by atoms with E-state index < -0.39 is 27.7 Å². The lowest BCUT2D eigenvalue weighted by Gasteiger charge is -2.16. The minimum absolute atomic E-state index is 0.0316. The summed E-state index contributed by atoms with van der Waals surface area (Å²) in [5.41, 5.74) is 0.547. The van der Waals surface area contributed by atoms with Crippen molar-refractivity contribution in [3.05, 3.63) is 115 Å². The summed E-state index contributed by atoms with van der Waals surface area (Å²) in [7, 11) is -3.63. The highest BCUT2D eigenvalue weighted by Gasteiger charge is 2.31. The van der Waals surface area contributed by atoms with E-state index in [2.05, 4.69) is 15.0 Å². The predicted octanol–water partition coefficient (Wildman–Crippen LogP) is 7.90. The van der Waals surface area contributed by atoms with Gasteiger partial charge in [0.15, 0.2) is 5.75 Å². The Morgan fingerprint density at radius 3 is 2.20 bits per heavy atom. The molecule has 0 radical (unpaired) electrons. The summed E-state index contributed by atoms with van der Waals surface area (Å²) in [5, 5.41) is 4.24. The van der Waals surface area contributed by atoms with Gasteiger partial charge in [-0.2, -0.15) is 13.2 Å². The first-order valence-corrected chi connectivity index (χ1v) is 15.1. The Morgan fingerprint density at radius 2 is 1.55 bits per heavy atom. The smallest absolute Gasteiger partial charge is 0.416 e. The van der Waals surface area contributed by atoms with Crippen molar-refractivity contribution in [2.75, 3.05) is 11.9 Å². The first-order chi connectivity index (χ1) is 20.9. The number of ether oxygens (including phenoxy) is 1. The third-order valence-electron chi connectivity index (χ3n) is 6.72. The topological polar surface area (TPSA) is 97.4 Å². The van der Waals surface area contributed by atoms with Gasteiger partial charge in [-0.1, -0.05) is 44.2 Å². The number of fused-ring (bicyclic) bond motifs is 1. The highest BCUT2D eigenvalue weighted by Crippen LogP contribution is 2.37. The molecule has 4 aromatic carbocycles. The van der Waals surface area contributed by atoms with Gasteiger partial charge in [-0.3, -0.25) is 9.78 Å². The predicted molar refractivity (Wildman–Crippen MR) is 163 cm³/mol. The molecular formula is C33H28F3N3O4S. The second-order valence-corrected chi connectivity index (χ2v) is 12.3. The normalized spacial score (nSPS) is 12.0. The van der Waals surface area contributed by atoms with Gasteiger partial charge >= 0.3 is 6.18 Å². The number of nitrogens with one attached hydrogen (secondary N) is 2. The zero-order chi connectivity index (χ0) is 31.5. The lowest BCUT2D eigenvalue weighted by atomic mass is 10.0. The van der Waals surface area contributed by atoms with Crippen LogP contribution in [0.15, 0.2) is 108 Å². The minimum atomic E-state index is -4.63. The van der Waals surface area contributed by atoms with Crippen LogP contribution in [0.4, 0.5) is 18.9 Å². The molecule has 226 valence electrons. The van der Waals surface area contributed by atoms with Crippen molar-refractivity contribution in [2.24, 2.45) is 5.92 Å². The molecule has 0 aliphatic rings. The van der Waals surface area contributed by atoms with Crippen LogP contribution in [0.1, 0.15) is 29.8 Å². The van der Waals surface area contributed by atoms with E-state index in [-0.39, 0.29) is 27.8 Å². The van der Waals surface area contributed by atoms with E-state index >= 15 is 0 Å². The lowest BCUT2D eigenvalue weighted by Crippen LogP contribution is -2.27. The monoisotopic (exact) mass is 619 g/mol. The van der Waals surface area contributed by atoms with E-state index in [1.165, 1.54) is 24.3 Å². The van der Waals surface area contributed by atoms with E-state index in [0.717, 1.165) is 40.1 Å². The van der Waals surface area contributed by atoms with Gasteiger partial charge in [0.1, 0.15) is 5.75 Å². The van der Waals surface area contributed by atoms with Crippen LogP contribution in [0.3, 0.4) is 0 Å². The van der Waals surface area contributed by atoms with Crippen molar-refractivity contribution >= 4 is 32.4 Å². The van der Waals surface area contributed by atoms with Gasteiger partial charge in [-0.25, -0.2) is 13.1 Å². The first kappa shape index (κ1) is 30.7. The van der Waals surface area contributed by atoms with Crippen molar-refractivity contribution in [3.63, 3.8) is 0 Å². The fraction of sp³-hybridized carbons (Fsp3) is 0.152. The van der Waals surface area contributed by atoms with E-state index in [1.54, 1.807) is 54.9 Å². The number of hydrogen-bond acceptors (Lipinski definition) is 5.